The maximum atomic E-state index is 12.2. The quantitative estimate of drug-likeness (QED) is 0.730. The first-order valence-electron chi connectivity index (χ1n) is 5.68. The van der Waals surface area contributed by atoms with Crippen LogP contribution < -0.4 is 10.5 Å². The first-order chi connectivity index (χ1) is 9.44. The normalized spacial score (nSPS) is 13.3. The summed E-state index contributed by atoms with van der Waals surface area (Å²) < 4.78 is 26.8. The molecule has 0 saturated heterocycles. The van der Waals surface area contributed by atoms with Gasteiger partial charge in [0.1, 0.15) is 0 Å². The van der Waals surface area contributed by atoms with E-state index in [1.54, 1.807) is 13.0 Å². The van der Waals surface area contributed by atoms with E-state index in [4.69, 9.17) is 17.3 Å². The van der Waals surface area contributed by atoms with Crippen molar-refractivity contribution in [3.8, 4) is 0 Å². The van der Waals surface area contributed by atoms with Crippen molar-refractivity contribution >= 4 is 21.6 Å². The molecule has 1 aromatic heterocycles. The number of benzene rings is 1. The number of tetrazole rings is 1. The Labute approximate surface area is 120 Å². The minimum Gasteiger partial charge on any atom is -0.326 e. The van der Waals surface area contributed by atoms with Gasteiger partial charge >= 0.3 is 0 Å². The minimum atomic E-state index is -3.73. The van der Waals surface area contributed by atoms with Crippen LogP contribution in [0.1, 0.15) is 24.4 Å². The highest BCUT2D eigenvalue weighted by Crippen LogP contribution is 2.21. The van der Waals surface area contributed by atoms with Gasteiger partial charge in [0.25, 0.3) is 0 Å². The third-order valence-electron chi connectivity index (χ3n) is 2.64. The molecule has 0 saturated carbocycles. The lowest BCUT2D eigenvalue weighted by Gasteiger charge is -2.11. The van der Waals surface area contributed by atoms with Gasteiger partial charge in [-0.05, 0) is 24.6 Å². The SMILES string of the molecule is CC(NS(=O)(=O)c1ccc(CN)c(Cl)c1)c1nn[nH]n1. The van der Waals surface area contributed by atoms with Crippen molar-refractivity contribution in [3.05, 3.63) is 34.6 Å². The van der Waals surface area contributed by atoms with E-state index in [1.165, 1.54) is 12.1 Å². The minimum absolute atomic E-state index is 0.0510. The van der Waals surface area contributed by atoms with Crippen LogP contribution in [0.5, 0.6) is 0 Å². The number of hydrogen-bond acceptors (Lipinski definition) is 6. The van der Waals surface area contributed by atoms with E-state index in [2.05, 4.69) is 25.3 Å². The van der Waals surface area contributed by atoms with Gasteiger partial charge in [0.15, 0.2) is 5.82 Å². The average Bonchev–Trinajstić information content (AvgIpc) is 2.92. The summed E-state index contributed by atoms with van der Waals surface area (Å²) in [6, 6.07) is 3.76. The molecule has 0 fully saturated rings. The molecule has 1 aromatic carbocycles. The Morgan fingerprint density at radius 1 is 1.50 bits per heavy atom. The number of nitrogens with one attached hydrogen (secondary N) is 2. The number of H-pyrrole nitrogens is 1. The molecule has 0 aliphatic heterocycles. The summed E-state index contributed by atoms with van der Waals surface area (Å²) in [5.74, 6) is 0.248. The van der Waals surface area contributed by atoms with Gasteiger partial charge in [-0.15, -0.1) is 10.2 Å². The van der Waals surface area contributed by atoms with E-state index in [9.17, 15) is 8.42 Å². The van der Waals surface area contributed by atoms with E-state index in [1.807, 2.05) is 0 Å². The van der Waals surface area contributed by atoms with Gasteiger partial charge in [-0.3, -0.25) is 0 Å². The molecular formula is C10H13ClN6O2S. The van der Waals surface area contributed by atoms with Crippen LogP contribution in [-0.4, -0.2) is 29.0 Å². The van der Waals surface area contributed by atoms with Crippen LogP contribution in [0.15, 0.2) is 23.1 Å². The Balaban J connectivity index is 2.24. The van der Waals surface area contributed by atoms with Crippen LogP contribution in [0.2, 0.25) is 5.02 Å². The summed E-state index contributed by atoms with van der Waals surface area (Å²) in [6.45, 7) is 1.85. The molecule has 0 aliphatic rings. The van der Waals surface area contributed by atoms with Crippen LogP contribution in [-0.2, 0) is 16.6 Å². The summed E-state index contributed by atoms with van der Waals surface area (Å²) >= 11 is 5.96. The van der Waals surface area contributed by atoms with Crippen molar-refractivity contribution in [1.82, 2.24) is 25.3 Å². The van der Waals surface area contributed by atoms with E-state index in [-0.39, 0.29) is 17.3 Å². The zero-order valence-electron chi connectivity index (χ0n) is 10.5. The maximum absolute atomic E-state index is 12.2. The van der Waals surface area contributed by atoms with E-state index in [0.29, 0.717) is 10.6 Å². The highest BCUT2D eigenvalue weighted by molar-refractivity contribution is 7.89. The van der Waals surface area contributed by atoms with Crippen molar-refractivity contribution in [3.63, 3.8) is 0 Å². The molecule has 0 bridgehead atoms. The summed E-state index contributed by atoms with van der Waals surface area (Å²) in [5, 5.41) is 13.4. The van der Waals surface area contributed by atoms with Crippen LogP contribution in [0, 0.1) is 0 Å². The summed E-state index contributed by atoms with van der Waals surface area (Å²) in [6.07, 6.45) is 0. The molecule has 0 aliphatic carbocycles. The zero-order valence-corrected chi connectivity index (χ0v) is 12.1. The Bertz CT molecular complexity index is 688. The fourth-order valence-corrected chi connectivity index (χ4v) is 3.12. The molecule has 2 aromatic rings. The number of aromatic nitrogens is 4. The van der Waals surface area contributed by atoms with Crippen molar-refractivity contribution in [2.75, 3.05) is 0 Å². The molecule has 1 heterocycles. The second-order valence-corrected chi connectivity index (χ2v) is 6.19. The Hall–Kier alpha value is -1.55. The van der Waals surface area contributed by atoms with Crippen molar-refractivity contribution < 1.29 is 8.42 Å². The van der Waals surface area contributed by atoms with Gasteiger partial charge in [-0.25, -0.2) is 13.1 Å². The smallest absolute Gasteiger partial charge is 0.241 e. The molecule has 1 unspecified atom stereocenters. The average molecular weight is 317 g/mol. The topological polar surface area (TPSA) is 127 Å². The van der Waals surface area contributed by atoms with Crippen molar-refractivity contribution in [2.45, 2.75) is 24.4 Å². The monoisotopic (exact) mass is 316 g/mol. The number of nitrogens with two attached hydrogens (primary N) is 1. The molecule has 8 nitrogen and oxygen atoms in total. The Morgan fingerprint density at radius 3 is 2.80 bits per heavy atom. The first kappa shape index (κ1) is 14.9. The second-order valence-electron chi connectivity index (χ2n) is 4.07. The molecule has 0 amide bonds. The number of hydrogen-bond donors (Lipinski definition) is 3. The molecule has 108 valence electrons. The molecule has 0 spiro atoms. The van der Waals surface area contributed by atoms with Gasteiger partial charge in [0, 0.05) is 11.6 Å². The molecule has 4 N–H and O–H groups in total. The van der Waals surface area contributed by atoms with Gasteiger partial charge in [-0.1, -0.05) is 22.9 Å². The number of rotatable bonds is 5. The number of sulfonamides is 1. The lowest BCUT2D eigenvalue weighted by molar-refractivity contribution is 0.560. The van der Waals surface area contributed by atoms with Crippen LogP contribution >= 0.6 is 11.6 Å². The lowest BCUT2D eigenvalue weighted by Crippen LogP contribution is -2.27. The van der Waals surface area contributed by atoms with Gasteiger partial charge in [-0.2, -0.15) is 5.21 Å². The first-order valence-corrected chi connectivity index (χ1v) is 7.54. The molecule has 1 atom stereocenters. The molecular weight excluding hydrogens is 304 g/mol. The third-order valence-corrected chi connectivity index (χ3v) is 4.53. The summed E-state index contributed by atoms with van der Waals surface area (Å²) in [5.41, 5.74) is 6.16. The number of nitrogens with zero attached hydrogens (tertiary/aromatic N) is 3. The lowest BCUT2D eigenvalue weighted by atomic mass is 10.2. The van der Waals surface area contributed by atoms with Gasteiger partial charge < -0.3 is 5.73 Å². The number of aromatic amines is 1. The predicted octanol–water partition coefficient (Wildman–Crippen LogP) is 0.351. The molecule has 2 rings (SSSR count). The van der Waals surface area contributed by atoms with Crippen LogP contribution in [0.4, 0.5) is 0 Å². The highest BCUT2D eigenvalue weighted by atomic mass is 35.5. The standard InChI is InChI=1S/C10H13ClN6O2S/c1-6(10-13-16-17-14-10)15-20(18,19)8-3-2-7(5-12)9(11)4-8/h2-4,6,15H,5,12H2,1H3,(H,13,14,16,17). The van der Waals surface area contributed by atoms with Crippen molar-refractivity contribution in [2.24, 2.45) is 5.73 Å². The molecule has 10 heteroatoms. The Morgan fingerprint density at radius 2 is 2.25 bits per heavy atom. The van der Waals surface area contributed by atoms with E-state index >= 15 is 0 Å². The van der Waals surface area contributed by atoms with Crippen molar-refractivity contribution in [1.29, 1.82) is 0 Å². The maximum Gasteiger partial charge on any atom is 0.241 e. The van der Waals surface area contributed by atoms with E-state index < -0.39 is 16.1 Å². The molecule has 20 heavy (non-hydrogen) atoms. The van der Waals surface area contributed by atoms with E-state index in [0.717, 1.165) is 0 Å². The zero-order chi connectivity index (χ0) is 14.8. The Kier molecular flexibility index (Phi) is 4.33. The second kappa shape index (κ2) is 5.83. The fraction of sp³-hybridized carbons (Fsp3) is 0.300. The summed E-state index contributed by atoms with van der Waals surface area (Å²) in [7, 11) is -3.73. The third kappa shape index (κ3) is 3.12. The number of halogens is 1. The fourth-order valence-electron chi connectivity index (χ4n) is 1.57. The van der Waals surface area contributed by atoms with Crippen LogP contribution in [0.3, 0.4) is 0 Å². The van der Waals surface area contributed by atoms with Crippen LogP contribution in [0.25, 0.3) is 0 Å². The van der Waals surface area contributed by atoms with Gasteiger partial charge in [0.05, 0.1) is 10.9 Å². The van der Waals surface area contributed by atoms with Gasteiger partial charge in [0.2, 0.25) is 10.0 Å². The summed E-state index contributed by atoms with van der Waals surface area (Å²) in [4.78, 5) is 0.0510. The molecule has 0 radical (unpaired) electrons. The highest BCUT2D eigenvalue weighted by Gasteiger charge is 2.21. The predicted molar refractivity (Wildman–Crippen MR) is 72.3 cm³/mol. The largest absolute Gasteiger partial charge is 0.326 e.